The fourth-order valence-corrected chi connectivity index (χ4v) is 3.95. The van der Waals surface area contributed by atoms with Gasteiger partial charge in [-0.15, -0.1) is 10.2 Å². The maximum atomic E-state index is 13.2. The number of rotatable bonds is 6. The smallest absolute Gasteiger partial charge is 0.326 e. The van der Waals surface area contributed by atoms with Crippen LogP contribution in [0.4, 0.5) is 5.69 Å². The van der Waals surface area contributed by atoms with Gasteiger partial charge in [0.1, 0.15) is 17.8 Å². The number of carbonyl (C=O) groups is 1. The van der Waals surface area contributed by atoms with Gasteiger partial charge in [0, 0.05) is 11.2 Å². The van der Waals surface area contributed by atoms with Crippen molar-refractivity contribution in [3.05, 3.63) is 53.9 Å². The van der Waals surface area contributed by atoms with Crippen LogP contribution in [0.1, 0.15) is 6.92 Å². The van der Waals surface area contributed by atoms with E-state index in [-0.39, 0.29) is 17.2 Å². The molecule has 0 aliphatic heterocycles. The van der Waals surface area contributed by atoms with Crippen molar-refractivity contribution in [3.8, 4) is 0 Å². The Bertz CT molecular complexity index is 1050. The van der Waals surface area contributed by atoms with Crippen molar-refractivity contribution in [2.24, 2.45) is 0 Å². The van der Waals surface area contributed by atoms with E-state index < -0.39 is 22.5 Å². The van der Waals surface area contributed by atoms with Gasteiger partial charge in [-0.3, -0.25) is 13.5 Å². The molecule has 0 N–H and O–H groups in total. The molecule has 136 valence electrons. The maximum Gasteiger partial charge on any atom is 0.326 e. The molecular weight excluding hydrogens is 380 g/mol. The summed E-state index contributed by atoms with van der Waals surface area (Å²) >= 11 is 5.99. The molecule has 0 aliphatic rings. The molecule has 3 aromatic rings. The summed E-state index contributed by atoms with van der Waals surface area (Å²) in [4.78, 5) is 12.0. The van der Waals surface area contributed by atoms with Crippen LogP contribution in [0.15, 0.2) is 53.8 Å². The van der Waals surface area contributed by atoms with Gasteiger partial charge in [0.05, 0.1) is 12.3 Å². The van der Waals surface area contributed by atoms with E-state index in [1.165, 1.54) is 35.1 Å². The molecule has 0 amide bonds. The molecule has 0 fully saturated rings. The number of hydrogen-bond acceptors (Lipinski definition) is 6. The normalized spacial score (nSPS) is 11.5. The van der Waals surface area contributed by atoms with E-state index >= 15 is 0 Å². The first kappa shape index (κ1) is 18.2. The molecule has 2 aromatic heterocycles. The number of anilines is 1. The van der Waals surface area contributed by atoms with Crippen molar-refractivity contribution in [3.63, 3.8) is 0 Å². The van der Waals surface area contributed by atoms with Crippen molar-refractivity contribution in [1.82, 2.24) is 14.6 Å². The van der Waals surface area contributed by atoms with Crippen molar-refractivity contribution < 1.29 is 17.9 Å². The fourth-order valence-electron chi connectivity index (χ4n) is 2.36. The minimum Gasteiger partial charge on any atom is -0.465 e. The van der Waals surface area contributed by atoms with Gasteiger partial charge in [0.2, 0.25) is 0 Å². The SMILES string of the molecule is CCOC(=O)CN(c1cccc(Cl)c1)S(=O)(=O)c1ccc2nncn2c1. The highest BCUT2D eigenvalue weighted by Gasteiger charge is 2.28. The Hall–Kier alpha value is -2.65. The van der Waals surface area contributed by atoms with Crippen LogP contribution < -0.4 is 4.31 Å². The third kappa shape index (κ3) is 3.63. The van der Waals surface area contributed by atoms with E-state index in [1.807, 2.05) is 0 Å². The number of hydrogen-bond donors (Lipinski definition) is 0. The number of nitrogens with zero attached hydrogens (tertiary/aromatic N) is 4. The summed E-state index contributed by atoms with van der Waals surface area (Å²) in [6.45, 7) is 1.32. The van der Waals surface area contributed by atoms with E-state index in [9.17, 15) is 13.2 Å². The van der Waals surface area contributed by atoms with Crippen LogP contribution in [0.25, 0.3) is 5.65 Å². The fraction of sp³-hybridized carbons (Fsp3) is 0.188. The monoisotopic (exact) mass is 394 g/mol. The summed E-state index contributed by atoms with van der Waals surface area (Å²) in [5.41, 5.74) is 0.762. The van der Waals surface area contributed by atoms with Crippen LogP contribution in [-0.4, -0.2) is 42.1 Å². The molecule has 0 spiro atoms. The number of sulfonamides is 1. The number of benzene rings is 1. The predicted octanol–water partition coefficient (Wildman–Crippen LogP) is 2.14. The Kier molecular flexibility index (Phi) is 5.10. The summed E-state index contributed by atoms with van der Waals surface area (Å²) in [7, 11) is -4.06. The Balaban J connectivity index is 2.07. The highest BCUT2D eigenvalue weighted by molar-refractivity contribution is 7.92. The van der Waals surface area contributed by atoms with Crippen LogP contribution >= 0.6 is 11.6 Å². The van der Waals surface area contributed by atoms with Crippen molar-refractivity contribution in [2.75, 3.05) is 17.5 Å². The molecule has 1 aromatic carbocycles. The van der Waals surface area contributed by atoms with Crippen LogP contribution in [0.3, 0.4) is 0 Å². The van der Waals surface area contributed by atoms with Crippen molar-refractivity contribution >= 4 is 38.9 Å². The molecule has 3 rings (SSSR count). The van der Waals surface area contributed by atoms with Crippen LogP contribution in [-0.2, 0) is 19.6 Å². The molecule has 0 saturated carbocycles. The zero-order chi connectivity index (χ0) is 18.7. The first-order valence-corrected chi connectivity index (χ1v) is 9.47. The number of ether oxygens (including phenoxy) is 1. The first-order chi connectivity index (χ1) is 12.4. The average Bonchev–Trinajstić information content (AvgIpc) is 3.07. The maximum absolute atomic E-state index is 13.2. The van der Waals surface area contributed by atoms with Gasteiger partial charge in [-0.25, -0.2) is 8.42 Å². The Morgan fingerprint density at radius 3 is 2.85 bits per heavy atom. The van der Waals surface area contributed by atoms with Gasteiger partial charge in [0.15, 0.2) is 5.65 Å². The van der Waals surface area contributed by atoms with Gasteiger partial charge in [-0.2, -0.15) is 0 Å². The number of aromatic nitrogens is 3. The van der Waals surface area contributed by atoms with Crippen molar-refractivity contribution in [2.45, 2.75) is 11.8 Å². The second kappa shape index (κ2) is 7.30. The number of esters is 1. The lowest BCUT2D eigenvalue weighted by atomic mass is 10.3. The largest absolute Gasteiger partial charge is 0.465 e. The number of halogens is 1. The van der Waals surface area contributed by atoms with E-state index in [2.05, 4.69) is 10.2 Å². The highest BCUT2D eigenvalue weighted by atomic mass is 35.5. The number of fused-ring (bicyclic) bond motifs is 1. The molecule has 0 saturated heterocycles. The molecule has 0 radical (unpaired) electrons. The third-order valence-electron chi connectivity index (χ3n) is 3.53. The van der Waals surface area contributed by atoms with Crippen LogP contribution in [0.2, 0.25) is 5.02 Å². The first-order valence-electron chi connectivity index (χ1n) is 7.65. The molecule has 8 nitrogen and oxygen atoms in total. The summed E-state index contributed by atoms with van der Waals surface area (Å²) < 4.78 is 33.7. The van der Waals surface area contributed by atoms with Crippen LogP contribution in [0.5, 0.6) is 0 Å². The van der Waals surface area contributed by atoms with Gasteiger partial charge >= 0.3 is 5.97 Å². The van der Waals surface area contributed by atoms with E-state index in [4.69, 9.17) is 16.3 Å². The van der Waals surface area contributed by atoms with E-state index in [0.29, 0.717) is 10.7 Å². The summed E-state index contributed by atoms with van der Waals surface area (Å²) in [5, 5.41) is 7.91. The third-order valence-corrected chi connectivity index (χ3v) is 5.52. The van der Waals surface area contributed by atoms with E-state index in [0.717, 1.165) is 4.31 Å². The number of pyridine rings is 1. The quantitative estimate of drug-likeness (QED) is 0.594. The van der Waals surface area contributed by atoms with Crippen molar-refractivity contribution in [1.29, 1.82) is 0 Å². The minimum absolute atomic E-state index is 0.0194. The average molecular weight is 395 g/mol. The van der Waals surface area contributed by atoms with Gasteiger partial charge < -0.3 is 4.74 Å². The molecule has 0 bridgehead atoms. The molecule has 26 heavy (non-hydrogen) atoms. The van der Waals surface area contributed by atoms with Gasteiger partial charge in [0.25, 0.3) is 10.0 Å². The predicted molar refractivity (Wildman–Crippen MR) is 95.6 cm³/mol. The van der Waals surface area contributed by atoms with Gasteiger partial charge in [-0.05, 0) is 37.3 Å². The second-order valence-corrected chi connectivity index (χ2v) is 7.56. The molecule has 0 unspecified atom stereocenters. The topological polar surface area (TPSA) is 93.9 Å². The summed E-state index contributed by atoms with van der Waals surface area (Å²) in [5.74, 6) is -0.665. The number of carbonyl (C=O) groups excluding carboxylic acids is 1. The molecule has 0 atom stereocenters. The van der Waals surface area contributed by atoms with Crippen LogP contribution in [0, 0.1) is 0 Å². The lowest BCUT2D eigenvalue weighted by Crippen LogP contribution is -2.36. The van der Waals surface area contributed by atoms with E-state index in [1.54, 1.807) is 25.1 Å². The highest BCUT2D eigenvalue weighted by Crippen LogP contribution is 2.26. The standard InChI is InChI=1S/C16H15ClN4O4S/c1-2-25-16(22)10-21(13-5-3-4-12(17)8-13)26(23,24)14-6-7-15-19-18-11-20(15)9-14/h3-9,11H,2,10H2,1H3. The Labute approximate surface area is 155 Å². The molecular formula is C16H15ClN4O4S. The second-order valence-electron chi connectivity index (χ2n) is 5.26. The zero-order valence-corrected chi connectivity index (χ0v) is 15.3. The van der Waals surface area contributed by atoms with Gasteiger partial charge in [-0.1, -0.05) is 17.7 Å². The Morgan fingerprint density at radius 2 is 2.12 bits per heavy atom. The Morgan fingerprint density at radius 1 is 1.31 bits per heavy atom. The zero-order valence-electron chi connectivity index (χ0n) is 13.7. The lowest BCUT2D eigenvalue weighted by Gasteiger charge is -2.23. The molecule has 10 heteroatoms. The minimum atomic E-state index is -4.06. The molecule has 2 heterocycles. The summed E-state index contributed by atoms with van der Waals surface area (Å²) in [6.07, 6.45) is 2.77. The summed E-state index contributed by atoms with van der Waals surface area (Å²) in [6, 6.07) is 9.18. The molecule has 0 aliphatic carbocycles. The lowest BCUT2D eigenvalue weighted by molar-refractivity contribution is -0.141.